The molecule has 4 unspecified atom stereocenters. The minimum absolute atomic E-state index is 0.155. The molecule has 182 valence electrons. The highest BCUT2D eigenvalue weighted by Gasteiger charge is 2.54. The van der Waals surface area contributed by atoms with Crippen LogP contribution in [-0.4, -0.2) is 83.5 Å². The number of likely N-dealkylation sites (tertiary alicyclic amines) is 2. The van der Waals surface area contributed by atoms with Crippen LogP contribution in [0.1, 0.15) is 12.8 Å². The van der Waals surface area contributed by atoms with Crippen molar-refractivity contribution in [3.8, 4) is 5.06 Å². The van der Waals surface area contributed by atoms with Crippen molar-refractivity contribution >= 4 is 22.5 Å². The number of carbonyl (C=O) groups excluding carboxylic acids is 1. The normalized spacial score (nSPS) is 27.2. The van der Waals surface area contributed by atoms with Gasteiger partial charge in [-0.1, -0.05) is 23.5 Å². The Kier molecular flexibility index (Phi) is 6.44. The van der Waals surface area contributed by atoms with Gasteiger partial charge in [0.15, 0.2) is 10.2 Å². The number of hydrogen-bond donors (Lipinski definition) is 4. The molecule has 13 heteroatoms. The maximum Gasteiger partial charge on any atom is 0.395 e. The molecule has 9 nitrogen and oxygen atoms in total. The molecule has 4 rings (SSSR count). The number of aromatic nitrogens is 1. The first kappa shape index (κ1) is 24.0. The molecule has 3 heterocycles. The van der Waals surface area contributed by atoms with Gasteiger partial charge in [0.1, 0.15) is 12.5 Å². The van der Waals surface area contributed by atoms with Gasteiger partial charge in [-0.2, -0.15) is 13.2 Å². The van der Waals surface area contributed by atoms with Crippen molar-refractivity contribution in [2.75, 3.05) is 39.1 Å². The maximum absolute atomic E-state index is 13.5. The number of ether oxygens (including phenoxy) is 1. The molecule has 1 aromatic heterocycles. The first-order chi connectivity index (χ1) is 15.6. The SMILES string of the molecule is CNC(O)C(O)N1CCC2(CN(C(=O)Nc3ncc(OC)s3)C3=CCC(C(F)(F)F)C=C32)C1. The number of aliphatic hydroxyl groups is 2. The molecule has 1 aromatic rings. The number of anilines is 1. The summed E-state index contributed by atoms with van der Waals surface area (Å²) in [7, 11) is 2.98. The molecule has 0 aromatic carbocycles. The number of nitrogens with one attached hydrogen (secondary N) is 2. The number of aliphatic hydroxyl groups excluding tert-OH is 2. The third kappa shape index (κ3) is 4.47. The number of alkyl halides is 3. The summed E-state index contributed by atoms with van der Waals surface area (Å²) in [5.74, 6) is -1.64. The first-order valence-corrected chi connectivity index (χ1v) is 11.2. The summed E-state index contributed by atoms with van der Waals surface area (Å²) in [5, 5.41) is 26.5. The Morgan fingerprint density at radius 3 is 2.79 bits per heavy atom. The van der Waals surface area contributed by atoms with Gasteiger partial charge in [0.05, 0.1) is 19.2 Å². The number of nitrogens with zero attached hydrogens (tertiary/aromatic N) is 3. The average Bonchev–Trinajstić information content (AvgIpc) is 3.50. The molecule has 2 amide bonds. The van der Waals surface area contributed by atoms with Gasteiger partial charge in [0.25, 0.3) is 0 Å². The standard InChI is InChI=1S/C20H26F3N5O4S/c1-24-15(29)16(30)27-6-5-19(9-27)10-28(18(31)26-17-25-8-14(32-2)33-17)13-4-3-11(7-12(13)19)20(21,22)23/h4,7-8,11,15-16,24,29-30H,3,5-6,9-10H2,1-2H3,(H,25,26,31). The van der Waals surface area contributed by atoms with Crippen LogP contribution in [0.15, 0.2) is 29.6 Å². The summed E-state index contributed by atoms with van der Waals surface area (Å²) >= 11 is 1.14. The Labute approximate surface area is 192 Å². The summed E-state index contributed by atoms with van der Waals surface area (Å²) in [6.45, 7) is 0.721. The second-order valence-corrected chi connectivity index (χ2v) is 9.40. The van der Waals surface area contributed by atoms with Gasteiger partial charge >= 0.3 is 12.2 Å². The minimum Gasteiger partial charge on any atom is -0.486 e. The molecule has 4 atom stereocenters. The molecule has 0 bridgehead atoms. The predicted octanol–water partition coefficient (Wildman–Crippen LogP) is 1.94. The fraction of sp³-hybridized carbons (Fsp3) is 0.600. The smallest absolute Gasteiger partial charge is 0.395 e. The van der Waals surface area contributed by atoms with Crippen molar-refractivity contribution in [1.29, 1.82) is 0 Å². The topological polar surface area (TPSA) is 110 Å². The minimum atomic E-state index is -4.40. The average molecular weight is 490 g/mol. The van der Waals surface area contributed by atoms with Crippen LogP contribution >= 0.6 is 11.3 Å². The molecule has 2 fully saturated rings. The lowest BCUT2D eigenvalue weighted by Crippen LogP contribution is -2.49. The predicted molar refractivity (Wildman–Crippen MR) is 114 cm³/mol. The van der Waals surface area contributed by atoms with E-state index >= 15 is 0 Å². The van der Waals surface area contributed by atoms with E-state index in [-0.39, 0.29) is 19.5 Å². The Hall–Kier alpha value is -2.19. The van der Waals surface area contributed by atoms with Crippen LogP contribution in [0.2, 0.25) is 0 Å². The number of halogens is 3. The number of amides is 2. The first-order valence-electron chi connectivity index (χ1n) is 10.4. The van der Waals surface area contributed by atoms with Crippen LogP contribution in [0.3, 0.4) is 0 Å². The summed E-state index contributed by atoms with van der Waals surface area (Å²) in [4.78, 5) is 20.2. The third-order valence-corrected chi connectivity index (χ3v) is 7.31. The van der Waals surface area contributed by atoms with Crippen molar-refractivity contribution in [2.45, 2.75) is 31.5 Å². The lowest BCUT2D eigenvalue weighted by molar-refractivity contribution is -0.160. The Balaban J connectivity index is 1.62. The molecule has 0 radical (unpaired) electrons. The van der Waals surface area contributed by atoms with Crippen LogP contribution < -0.4 is 15.4 Å². The van der Waals surface area contributed by atoms with Gasteiger partial charge in [-0.3, -0.25) is 20.4 Å². The third-order valence-electron chi connectivity index (χ3n) is 6.43. The number of thiazole rings is 1. The van der Waals surface area contributed by atoms with E-state index < -0.39 is 36.0 Å². The quantitative estimate of drug-likeness (QED) is 0.468. The van der Waals surface area contributed by atoms with E-state index in [1.165, 1.54) is 37.4 Å². The summed E-state index contributed by atoms with van der Waals surface area (Å²) < 4.78 is 45.7. The summed E-state index contributed by atoms with van der Waals surface area (Å²) in [6, 6.07) is -0.499. The highest BCUT2D eigenvalue weighted by atomic mass is 32.1. The van der Waals surface area contributed by atoms with Gasteiger partial charge < -0.3 is 14.9 Å². The van der Waals surface area contributed by atoms with E-state index in [1.807, 2.05) is 0 Å². The van der Waals surface area contributed by atoms with Crippen molar-refractivity contribution < 1.29 is 32.9 Å². The zero-order valence-corrected chi connectivity index (χ0v) is 18.9. The van der Waals surface area contributed by atoms with Crippen molar-refractivity contribution in [3.63, 3.8) is 0 Å². The number of methoxy groups -OCH3 is 1. The van der Waals surface area contributed by atoms with Crippen molar-refractivity contribution in [2.24, 2.45) is 11.3 Å². The van der Waals surface area contributed by atoms with E-state index in [2.05, 4.69) is 15.6 Å². The van der Waals surface area contributed by atoms with E-state index in [0.29, 0.717) is 34.4 Å². The molecule has 3 aliphatic rings. The largest absolute Gasteiger partial charge is 0.486 e. The van der Waals surface area contributed by atoms with Gasteiger partial charge in [-0.15, -0.1) is 0 Å². The molecule has 0 saturated carbocycles. The van der Waals surface area contributed by atoms with Gasteiger partial charge in [-0.25, -0.2) is 9.78 Å². The van der Waals surface area contributed by atoms with Crippen LogP contribution in [0.5, 0.6) is 5.06 Å². The van der Waals surface area contributed by atoms with Crippen LogP contribution in [0.25, 0.3) is 0 Å². The number of allylic oxidation sites excluding steroid dienone is 3. The second-order valence-electron chi connectivity index (χ2n) is 8.41. The Morgan fingerprint density at radius 2 is 2.15 bits per heavy atom. The molecular formula is C20H26F3N5O4S. The van der Waals surface area contributed by atoms with Crippen molar-refractivity contribution in [1.82, 2.24) is 20.1 Å². The monoisotopic (exact) mass is 489 g/mol. The van der Waals surface area contributed by atoms with Gasteiger partial charge in [0, 0.05) is 30.7 Å². The Morgan fingerprint density at radius 1 is 1.39 bits per heavy atom. The number of fused-ring (bicyclic) bond motifs is 2. The van der Waals surface area contributed by atoms with Crippen LogP contribution in [0.4, 0.5) is 23.1 Å². The highest BCUT2D eigenvalue weighted by Crippen LogP contribution is 2.52. The highest BCUT2D eigenvalue weighted by molar-refractivity contribution is 7.17. The van der Waals surface area contributed by atoms with Crippen LogP contribution in [-0.2, 0) is 0 Å². The number of likely N-dealkylation sites (N-methyl/N-ethyl adjacent to an activating group) is 1. The Bertz CT molecular complexity index is 968. The number of hydrogen-bond acceptors (Lipinski definition) is 8. The fourth-order valence-electron chi connectivity index (χ4n) is 4.69. The van der Waals surface area contributed by atoms with Gasteiger partial charge in [0.2, 0.25) is 0 Å². The number of rotatable bonds is 5. The second kappa shape index (κ2) is 8.87. The van der Waals surface area contributed by atoms with Crippen molar-refractivity contribution in [3.05, 3.63) is 29.6 Å². The lowest BCUT2D eigenvalue weighted by atomic mass is 9.77. The molecule has 2 aliphatic heterocycles. The zero-order chi connectivity index (χ0) is 24.0. The zero-order valence-electron chi connectivity index (χ0n) is 18.1. The van der Waals surface area contributed by atoms with E-state index in [9.17, 15) is 28.2 Å². The number of carbonyl (C=O) groups is 1. The molecule has 33 heavy (non-hydrogen) atoms. The maximum atomic E-state index is 13.5. The summed E-state index contributed by atoms with van der Waals surface area (Å²) in [5.41, 5.74) is 0.112. The molecule has 2 saturated heterocycles. The molecule has 1 spiro atoms. The van der Waals surface area contributed by atoms with Crippen LogP contribution in [0, 0.1) is 11.3 Å². The molecule has 4 N–H and O–H groups in total. The molecule has 1 aliphatic carbocycles. The fourth-order valence-corrected chi connectivity index (χ4v) is 5.31. The summed E-state index contributed by atoms with van der Waals surface area (Å²) in [6.07, 6.45) is -2.50. The molecular weight excluding hydrogens is 463 g/mol. The van der Waals surface area contributed by atoms with E-state index in [0.717, 1.165) is 11.3 Å². The van der Waals surface area contributed by atoms with E-state index in [1.54, 1.807) is 4.90 Å². The lowest BCUT2D eigenvalue weighted by Gasteiger charge is -2.31. The number of urea groups is 1. The van der Waals surface area contributed by atoms with E-state index in [4.69, 9.17) is 4.74 Å². The van der Waals surface area contributed by atoms with Gasteiger partial charge in [-0.05, 0) is 25.5 Å².